The van der Waals surface area contributed by atoms with E-state index in [4.69, 9.17) is 10.00 Å². The molecule has 0 aliphatic rings. The highest BCUT2D eigenvalue weighted by Crippen LogP contribution is 2.29. The molecule has 0 saturated heterocycles. The molecule has 108 valence electrons. The van der Waals surface area contributed by atoms with E-state index in [-0.39, 0.29) is 6.04 Å². The molecular weight excluding hydrogens is 274 g/mol. The molecule has 0 bridgehead atoms. The summed E-state index contributed by atoms with van der Waals surface area (Å²) >= 11 is 0. The predicted octanol–water partition coefficient (Wildman–Crippen LogP) is 4.02. The van der Waals surface area contributed by atoms with Crippen molar-refractivity contribution < 1.29 is 13.5 Å². The number of benzene rings is 2. The Kier molecular flexibility index (Phi) is 4.39. The quantitative estimate of drug-likeness (QED) is 0.924. The highest BCUT2D eigenvalue weighted by Gasteiger charge is 2.12. The van der Waals surface area contributed by atoms with Gasteiger partial charge in [-0.25, -0.2) is 8.78 Å². The van der Waals surface area contributed by atoms with Gasteiger partial charge < -0.3 is 10.1 Å². The molecule has 1 atom stereocenters. The highest BCUT2D eigenvalue weighted by molar-refractivity contribution is 5.60. The molecule has 2 aromatic rings. The minimum atomic E-state index is -0.620. The molecule has 0 radical (unpaired) electrons. The van der Waals surface area contributed by atoms with Crippen molar-refractivity contribution in [1.82, 2.24) is 0 Å². The summed E-state index contributed by atoms with van der Waals surface area (Å²) in [7, 11) is 1.49. The molecule has 1 unspecified atom stereocenters. The van der Waals surface area contributed by atoms with Crippen LogP contribution in [0.25, 0.3) is 0 Å². The number of halogens is 2. The zero-order valence-corrected chi connectivity index (χ0v) is 11.7. The van der Waals surface area contributed by atoms with E-state index >= 15 is 0 Å². The van der Waals surface area contributed by atoms with Crippen LogP contribution >= 0.6 is 0 Å². The smallest absolute Gasteiger partial charge is 0.143 e. The molecule has 0 aliphatic carbocycles. The first-order valence-electron chi connectivity index (χ1n) is 6.34. The van der Waals surface area contributed by atoms with E-state index in [2.05, 4.69) is 5.32 Å². The monoisotopic (exact) mass is 288 g/mol. The van der Waals surface area contributed by atoms with E-state index in [1.165, 1.54) is 19.2 Å². The van der Waals surface area contributed by atoms with Crippen molar-refractivity contribution in [2.45, 2.75) is 13.0 Å². The number of rotatable bonds is 4. The Morgan fingerprint density at radius 2 is 1.81 bits per heavy atom. The fourth-order valence-corrected chi connectivity index (χ4v) is 2.02. The number of nitriles is 1. The van der Waals surface area contributed by atoms with E-state index in [1.54, 1.807) is 25.1 Å². The van der Waals surface area contributed by atoms with Gasteiger partial charge in [0.1, 0.15) is 17.4 Å². The SMILES string of the molecule is COc1cc(C#N)ccc1NC(C)c1cc(F)cc(F)c1. The first-order valence-corrected chi connectivity index (χ1v) is 6.34. The van der Waals surface area contributed by atoms with Gasteiger partial charge in [-0.1, -0.05) is 0 Å². The van der Waals surface area contributed by atoms with E-state index in [0.717, 1.165) is 6.07 Å². The van der Waals surface area contributed by atoms with Crippen LogP contribution in [0.1, 0.15) is 24.1 Å². The summed E-state index contributed by atoms with van der Waals surface area (Å²) in [4.78, 5) is 0. The number of anilines is 1. The molecule has 0 heterocycles. The van der Waals surface area contributed by atoms with Crippen LogP contribution in [-0.2, 0) is 0 Å². The van der Waals surface area contributed by atoms with Gasteiger partial charge in [0.15, 0.2) is 0 Å². The highest BCUT2D eigenvalue weighted by atomic mass is 19.1. The van der Waals surface area contributed by atoms with Crippen molar-refractivity contribution in [2.75, 3.05) is 12.4 Å². The van der Waals surface area contributed by atoms with Crippen molar-refractivity contribution >= 4 is 5.69 Å². The number of hydrogen-bond donors (Lipinski definition) is 1. The van der Waals surface area contributed by atoms with Crippen molar-refractivity contribution in [1.29, 1.82) is 5.26 Å². The molecule has 0 aliphatic heterocycles. The molecule has 1 N–H and O–H groups in total. The number of nitrogens with one attached hydrogen (secondary N) is 1. The van der Waals surface area contributed by atoms with Crippen molar-refractivity contribution in [3.8, 4) is 11.8 Å². The third-order valence-corrected chi connectivity index (χ3v) is 3.09. The van der Waals surface area contributed by atoms with E-state index < -0.39 is 11.6 Å². The zero-order chi connectivity index (χ0) is 15.4. The second-order valence-electron chi connectivity index (χ2n) is 4.60. The van der Waals surface area contributed by atoms with Crippen LogP contribution in [0.5, 0.6) is 5.75 Å². The van der Waals surface area contributed by atoms with Gasteiger partial charge in [0.2, 0.25) is 0 Å². The fraction of sp³-hybridized carbons (Fsp3) is 0.188. The van der Waals surface area contributed by atoms with Crippen LogP contribution in [0, 0.1) is 23.0 Å². The normalized spacial score (nSPS) is 11.6. The Morgan fingerprint density at radius 1 is 1.14 bits per heavy atom. The van der Waals surface area contributed by atoms with Gasteiger partial charge in [0.05, 0.1) is 24.4 Å². The average Bonchev–Trinajstić information content (AvgIpc) is 2.46. The summed E-state index contributed by atoms with van der Waals surface area (Å²) in [6, 6.07) is 10.0. The maximum Gasteiger partial charge on any atom is 0.143 e. The number of hydrogen-bond acceptors (Lipinski definition) is 3. The summed E-state index contributed by atoms with van der Waals surface area (Å²) in [5.41, 5.74) is 1.61. The second kappa shape index (κ2) is 6.23. The van der Waals surface area contributed by atoms with Crippen LogP contribution in [0.15, 0.2) is 36.4 Å². The molecule has 0 amide bonds. The van der Waals surface area contributed by atoms with Crippen LogP contribution < -0.4 is 10.1 Å². The molecule has 0 spiro atoms. The average molecular weight is 288 g/mol. The minimum Gasteiger partial charge on any atom is -0.495 e. The standard InChI is InChI=1S/C16H14F2N2O/c1-10(12-6-13(17)8-14(18)7-12)20-15-4-3-11(9-19)5-16(15)21-2/h3-8,10,20H,1-2H3. The summed E-state index contributed by atoms with van der Waals surface area (Å²) < 4.78 is 31.7. The lowest BCUT2D eigenvalue weighted by Crippen LogP contribution is -2.08. The largest absolute Gasteiger partial charge is 0.495 e. The Hall–Kier alpha value is -2.61. The molecule has 3 nitrogen and oxygen atoms in total. The van der Waals surface area contributed by atoms with Crippen molar-refractivity contribution in [3.05, 3.63) is 59.2 Å². The van der Waals surface area contributed by atoms with E-state index in [1.807, 2.05) is 6.07 Å². The Bertz CT molecular complexity index is 675. The molecule has 21 heavy (non-hydrogen) atoms. The minimum absolute atomic E-state index is 0.322. The third-order valence-electron chi connectivity index (χ3n) is 3.09. The maximum atomic E-state index is 13.2. The first kappa shape index (κ1) is 14.8. The predicted molar refractivity (Wildman–Crippen MR) is 76.1 cm³/mol. The molecule has 5 heteroatoms. The van der Waals surface area contributed by atoms with Gasteiger partial charge in [0.25, 0.3) is 0 Å². The molecule has 2 aromatic carbocycles. The Labute approximate surface area is 121 Å². The van der Waals surface area contributed by atoms with Crippen LogP contribution in [0.3, 0.4) is 0 Å². The fourth-order valence-electron chi connectivity index (χ4n) is 2.02. The van der Waals surface area contributed by atoms with Crippen LogP contribution in [0.2, 0.25) is 0 Å². The van der Waals surface area contributed by atoms with Gasteiger partial charge in [0, 0.05) is 18.2 Å². The Morgan fingerprint density at radius 3 is 2.38 bits per heavy atom. The van der Waals surface area contributed by atoms with Gasteiger partial charge >= 0.3 is 0 Å². The Balaban J connectivity index is 2.27. The molecule has 0 aromatic heterocycles. The second-order valence-corrected chi connectivity index (χ2v) is 4.60. The summed E-state index contributed by atoms with van der Waals surface area (Å²) in [6.45, 7) is 1.78. The van der Waals surface area contributed by atoms with Crippen LogP contribution in [0.4, 0.5) is 14.5 Å². The van der Waals surface area contributed by atoms with E-state index in [9.17, 15) is 8.78 Å². The van der Waals surface area contributed by atoms with E-state index in [0.29, 0.717) is 22.6 Å². The van der Waals surface area contributed by atoms with Crippen LogP contribution in [-0.4, -0.2) is 7.11 Å². The lowest BCUT2D eigenvalue weighted by molar-refractivity contribution is 0.416. The molecule has 2 rings (SSSR count). The lowest BCUT2D eigenvalue weighted by Gasteiger charge is -2.18. The van der Waals surface area contributed by atoms with Gasteiger partial charge in [-0.2, -0.15) is 5.26 Å². The van der Waals surface area contributed by atoms with Crippen molar-refractivity contribution in [3.63, 3.8) is 0 Å². The lowest BCUT2D eigenvalue weighted by atomic mass is 10.1. The summed E-state index contributed by atoms with van der Waals surface area (Å²) in [5.74, 6) is -0.742. The number of nitrogens with zero attached hydrogens (tertiary/aromatic N) is 1. The summed E-state index contributed by atoms with van der Waals surface area (Å²) in [6.07, 6.45) is 0. The topological polar surface area (TPSA) is 45.0 Å². The molecular formula is C16H14F2N2O. The van der Waals surface area contributed by atoms with Gasteiger partial charge in [-0.05, 0) is 36.8 Å². The maximum absolute atomic E-state index is 13.2. The van der Waals surface area contributed by atoms with Gasteiger partial charge in [-0.3, -0.25) is 0 Å². The third kappa shape index (κ3) is 3.48. The van der Waals surface area contributed by atoms with Crippen molar-refractivity contribution in [2.24, 2.45) is 0 Å². The zero-order valence-electron chi connectivity index (χ0n) is 11.7. The molecule has 0 fully saturated rings. The first-order chi connectivity index (χ1) is 10.0. The number of methoxy groups -OCH3 is 1. The number of ether oxygens (including phenoxy) is 1. The molecule has 0 saturated carbocycles. The summed E-state index contributed by atoms with van der Waals surface area (Å²) in [5, 5.41) is 12.0. The van der Waals surface area contributed by atoms with Gasteiger partial charge in [-0.15, -0.1) is 0 Å².